The minimum absolute atomic E-state index is 0.0266. The third-order valence-corrected chi connectivity index (χ3v) is 2.21. The summed E-state index contributed by atoms with van der Waals surface area (Å²) in [6, 6.07) is 7.93. The number of benzene rings is 1. The van der Waals surface area contributed by atoms with E-state index in [1.165, 1.54) is 0 Å². The summed E-state index contributed by atoms with van der Waals surface area (Å²) in [4.78, 5) is 0. The Labute approximate surface area is 66.7 Å². The van der Waals surface area contributed by atoms with Gasteiger partial charge in [-0.15, -0.1) is 0 Å². The normalized spacial score (nSPS) is 38.9. The molecule has 0 aliphatic carbocycles. The zero-order valence-corrected chi connectivity index (χ0v) is 5.95. The largest absolute Gasteiger partial charge is 0.357 e. The molecule has 0 spiro atoms. The van der Waals surface area contributed by atoms with E-state index in [0.29, 0.717) is 0 Å². The summed E-state index contributed by atoms with van der Waals surface area (Å²) in [7, 11) is 0. The first-order chi connectivity index (χ1) is 5.80. The third-order valence-electron chi connectivity index (χ3n) is 2.21. The minimum Gasteiger partial charge on any atom is -0.357 e. The Bertz CT molecular complexity index is 372. The van der Waals surface area contributed by atoms with E-state index in [1.807, 2.05) is 36.4 Å². The Kier molecular flexibility index (Phi) is 0.749. The highest BCUT2D eigenvalue weighted by Crippen LogP contribution is 2.45. The summed E-state index contributed by atoms with van der Waals surface area (Å²) >= 11 is 0. The van der Waals surface area contributed by atoms with Crippen LogP contribution in [-0.4, -0.2) is 0 Å². The van der Waals surface area contributed by atoms with Crippen molar-refractivity contribution in [1.29, 1.82) is 0 Å². The first kappa shape index (κ1) is 4.73. The zero-order valence-electron chi connectivity index (χ0n) is 6.95. The van der Waals surface area contributed by atoms with E-state index in [0.717, 1.165) is 11.1 Å². The van der Waals surface area contributed by atoms with Crippen LogP contribution in [0.5, 0.6) is 0 Å². The zero-order chi connectivity index (χ0) is 8.18. The van der Waals surface area contributed by atoms with Gasteiger partial charge < -0.3 is 4.74 Å². The van der Waals surface area contributed by atoms with Gasteiger partial charge in [-0.05, 0) is 11.1 Å². The SMILES string of the molecule is [2H][C@@]12C=C[C@@H](O1)c1ccccc12. The molecule has 1 nitrogen and oxygen atoms in total. The highest BCUT2D eigenvalue weighted by atomic mass is 16.5. The third kappa shape index (κ3) is 0.589. The predicted octanol–water partition coefficient (Wildman–Crippen LogP) is 2.37. The molecule has 11 heavy (non-hydrogen) atoms. The smallest absolute Gasteiger partial charge is 0.102 e. The van der Waals surface area contributed by atoms with Gasteiger partial charge in [0.05, 0.1) is 1.37 Å². The summed E-state index contributed by atoms with van der Waals surface area (Å²) < 4.78 is 13.4. The van der Waals surface area contributed by atoms with Crippen LogP contribution in [-0.2, 0) is 4.74 Å². The van der Waals surface area contributed by atoms with Crippen LogP contribution < -0.4 is 0 Å². The van der Waals surface area contributed by atoms with Gasteiger partial charge in [-0.25, -0.2) is 0 Å². The van der Waals surface area contributed by atoms with Crippen molar-refractivity contribution in [3.63, 3.8) is 0 Å². The maximum Gasteiger partial charge on any atom is 0.102 e. The lowest BCUT2D eigenvalue weighted by molar-refractivity contribution is 0.0878. The summed E-state index contributed by atoms with van der Waals surface area (Å²) in [5, 5.41) is 0. The van der Waals surface area contributed by atoms with Crippen LogP contribution in [0, 0.1) is 0 Å². The molecule has 0 radical (unpaired) electrons. The van der Waals surface area contributed by atoms with Crippen LogP contribution in [0.2, 0.25) is 0 Å². The molecule has 0 aromatic heterocycles. The Morgan fingerprint density at radius 3 is 2.82 bits per heavy atom. The van der Waals surface area contributed by atoms with Gasteiger partial charge in [0.1, 0.15) is 12.2 Å². The first-order valence-electron chi connectivity index (χ1n) is 4.26. The molecule has 2 aliphatic rings. The van der Waals surface area contributed by atoms with Gasteiger partial charge in [-0.2, -0.15) is 0 Å². The van der Waals surface area contributed by atoms with Crippen molar-refractivity contribution in [3.8, 4) is 0 Å². The van der Waals surface area contributed by atoms with Crippen LogP contribution in [0.3, 0.4) is 0 Å². The van der Waals surface area contributed by atoms with Gasteiger partial charge in [0, 0.05) is 0 Å². The average Bonchev–Trinajstić information content (AvgIpc) is 2.60. The van der Waals surface area contributed by atoms with Crippen molar-refractivity contribution in [1.82, 2.24) is 0 Å². The number of fused-ring (bicyclic) bond motifs is 5. The second-order valence-corrected chi connectivity index (χ2v) is 2.85. The number of ether oxygens (including phenoxy) is 1. The van der Waals surface area contributed by atoms with E-state index < -0.39 is 6.08 Å². The maximum atomic E-state index is 7.94. The van der Waals surface area contributed by atoms with Gasteiger partial charge in [-0.1, -0.05) is 36.4 Å². The fraction of sp³-hybridized carbons (Fsp3) is 0.200. The van der Waals surface area contributed by atoms with Crippen LogP contribution in [0.4, 0.5) is 0 Å². The van der Waals surface area contributed by atoms with Crippen molar-refractivity contribution in [3.05, 3.63) is 47.5 Å². The quantitative estimate of drug-likeness (QED) is 0.509. The van der Waals surface area contributed by atoms with Gasteiger partial charge >= 0.3 is 0 Å². The van der Waals surface area contributed by atoms with E-state index in [9.17, 15) is 0 Å². The average molecular weight is 145 g/mol. The van der Waals surface area contributed by atoms with Crippen molar-refractivity contribution >= 4 is 0 Å². The first-order valence-corrected chi connectivity index (χ1v) is 3.76. The Morgan fingerprint density at radius 1 is 1.18 bits per heavy atom. The lowest BCUT2D eigenvalue weighted by atomic mass is 9.97. The van der Waals surface area contributed by atoms with Crippen molar-refractivity contribution in [2.75, 3.05) is 0 Å². The van der Waals surface area contributed by atoms with Gasteiger partial charge in [0.15, 0.2) is 0 Å². The molecule has 0 amide bonds. The molecule has 2 heterocycles. The monoisotopic (exact) mass is 145 g/mol. The van der Waals surface area contributed by atoms with Gasteiger partial charge in [-0.3, -0.25) is 0 Å². The van der Waals surface area contributed by atoms with Crippen LogP contribution >= 0.6 is 0 Å². The van der Waals surface area contributed by atoms with E-state index in [1.54, 1.807) is 0 Å². The molecular weight excluding hydrogens is 136 g/mol. The van der Waals surface area contributed by atoms with Crippen molar-refractivity contribution in [2.24, 2.45) is 0 Å². The second kappa shape index (κ2) is 1.74. The molecule has 2 bridgehead atoms. The molecule has 2 atom stereocenters. The maximum absolute atomic E-state index is 7.94. The summed E-state index contributed by atoms with van der Waals surface area (Å²) in [5.41, 5.74) is 2.15. The molecule has 0 saturated carbocycles. The number of hydrogen-bond donors (Lipinski definition) is 0. The molecule has 1 aromatic rings. The molecule has 0 N–H and O–H groups in total. The molecule has 2 aliphatic heterocycles. The predicted molar refractivity (Wildman–Crippen MR) is 42.1 cm³/mol. The van der Waals surface area contributed by atoms with Gasteiger partial charge in [0.2, 0.25) is 0 Å². The molecule has 0 fully saturated rings. The molecule has 0 unspecified atom stereocenters. The standard InChI is InChI=1S/C10H8O/c1-2-4-8-7(3-1)9-5-6-10(8)11-9/h1-6,9-10H/t9-,10+/i9D/m0/s1. The van der Waals surface area contributed by atoms with Crippen LogP contribution in [0.15, 0.2) is 36.4 Å². The van der Waals surface area contributed by atoms with Gasteiger partial charge in [0.25, 0.3) is 0 Å². The molecule has 1 aromatic carbocycles. The second-order valence-electron chi connectivity index (χ2n) is 2.85. The fourth-order valence-corrected chi connectivity index (χ4v) is 1.68. The van der Waals surface area contributed by atoms with E-state index in [2.05, 4.69) is 0 Å². The molecule has 0 saturated heterocycles. The van der Waals surface area contributed by atoms with E-state index in [4.69, 9.17) is 6.11 Å². The molecule has 1 heteroatoms. The topological polar surface area (TPSA) is 9.23 Å². The fourth-order valence-electron chi connectivity index (χ4n) is 1.68. The van der Waals surface area contributed by atoms with Crippen LogP contribution in [0.25, 0.3) is 0 Å². The summed E-state index contributed by atoms with van der Waals surface area (Å²) in [6.45, 7) is 0. The number of hydrogen-bond acceptors (Lipinski definition) is 1. The highest BCUT2D eigenvalue weighted by molar-refractivity contribution is 5.42. The van der Waals surface area contributed by atoms with E-state index in [-0.39, 0.29) is 6.10 Å². The molecular formula is C10H8O. The van der Waals surface area contributed by atoms with E-state index >= 15 is 0 Å². The Balaban J connectivity index is 2.31. The Morgan fingerprint density at radius 2 is 2.00 bits per heavy atom. The van der Waals surface area contributed by atoms with Crippen LogP contribution in [0.1, 0.15) is 24.7 Å². The lowest BCUT2D eigenvalue weighted by Gasteiger charge is -2.04. The molecule has 3 rings (SSSR count). The van der Waals surface area contributed by atoms with Crippen molar-refractivity contribution in [2.45, 2.75) is 12.2 Å². The highest BCUT2D eigenvalue weighted by Gasteiger charge is 2.32. The lowest BCUT2D eigenvalue weighted by Crippen LogP contribution is -1.90. The van der Waals surface area contributed by atoms with Crippen molar-refractivity contribution < 1.29 is 6.11 Å². The summed E-state index contributed by atoms with van der Waals surface area (Å²) in [5.74, 6) is 0. The summed E-state index contributed by atoms with van der Waals surface area (Å²) in [6.07, 6.45) is 2.91. The Hall–Kier alpha value is -1.08. The molecule has 54 valence electrons. The minimum atomic E-state index is -0.888. The number of rotatable bonds is 0.